The summed E-state index contributed by atoms with van der Waals surface area (Å²) in [6, 6.07) is 8.88. The van der Waals surface area contributed by atoms with Gasteiger partial charge in [0.1, 0.15) is 11.6 Å². The molecular weight excluding hydrogens is 328 g/mol. The minimum atomic E-state index is -0.749. The number of benzene rings is 2. The fraction of sp³-hybridized carbons (Fsp3) is 0.188. The molecule has 0 radical (unpaired) electrons. The van der Waals surface area contributed by atoms with Crippen LogP contribution >= 0.6 is 23.2 Å². The van der Waals surface area contributed by atoms with Gasteiger partial charge in [-0.2, -0.15) is 0 Å². The molecule has 1 unspecified atom stereocenters. The van der Waals surface area contributed by atoms with Crippen molar-refractivity contribution in [2.75, 3.05) is 5.32 Å². The zero-order valence-corrected chi connectivity index (χ0v) is 13.5. The molecule has 22 heavy (non-hydrogen) atoms. The second-order valence-corrected chi connectivity index (χ2v) is 5.63. The van der Waals surface area contributed by atoms with Crippen LogP contribution in [0.3, 0.4) is 0 Å². The Morgan fingerprint density at radius 2 is 1.95 bits per heavy atom. The smallest absolute Gasteiger partial charge is 0.265 e. The Balaban J connectivity index is 2.05. The topological polar surface area (TPSA) is 38.3 Å². The molecule has 0 saturated heterocycles. The first-order chi connectivity index (χ1) is 10.4. The van der Waals surface area contributed by atoms with Crippen molar-refractivity contribution >= 4 is 34.8 Å². The minimum absolute atomic E-state index is 0.128. The summed E-state index contributed by atoms with van der Waals surface area (Å²) in [4.78, 5) is 12.1. The maximum absolute atomic E-state index is 13.0. The van der Waals surface area contributed by atoms with Crippen LogP contribution in [0.4, 0.5) is 10.1 Å². The number of carbonyl (C=O) groups excluding carboxylic acids is 1. The molecule has 0 aliphatic carbocycles. The molecule has 2 aromatic carbocycles. The molecule has 1 atom stereocenters. The van der Waals surface area contributed by atoms with E-state index in [2.05, 4.69) is 5.32 Å². The summed E-state index contributed by atoms with van der Waals surface area (Å²) < 4.78 is 18.6. The highest BCUT2D eigenvalue weighted by atomic mass is 35.5. The Labute approximate surface area is 138 Å². The standard InChI is InChI=1S/C16H14Cl2FNO2/c1-9-7-11(17)3-6-15(9)22-10(2)16(21)20-14-5-4-12(19)8-13(14)18/h3-8,10H,1-2H3,(H,20,21). The number of amides is 1. The van der Waals surface area contributed by atoms with E-state index in [9.17, 15) is 9.18 Å². The van der Waals surface area contributed by atoms with Crippen molar-refractivity contribution in [3.63, 3.8) is 0 Å². The second-order valence-electron chi connectivity index (χ2n) is 4.78. The molecule has 0 saturated carbocycles. The lowest BCUT2D eigenvalue weighted by Crippen LogP contribution is -2.30. The number of rotatable bonds is 4. The van der Waals surface area contributed by atoms with Crippen LogP contribution in [-0.4, -0.2) is 12.0 Å². The number of nitrogens with one attached hydrogen (secondary N) is 1. The highest BCUT2D eigenvalue weighted by Crippen LogP contribution is 2.25. The average molecular weight is 342 g/mol. The van der Waals surface area contributed by atoms with Crippen LogP contribution in [0.2, 0.25) is 10.0 Å². The van der Waals surface area contributed by atoms with Gasteiger partial charge in [0.2, 0.25) is 0 Å². The normalized spacial score (nSPS) is 11.9. The number of hydrogen-bond acceptors (Lipinski definition) is 2. The Morgan fingerprint density at radius 1 is 1.23 bits per heavy atom. The number of halogens is 3. The summed E-state index contributed by atoms with van der Waals surface area (Å²) in [7, 11) is 0. The second kappa shape index (κ2) is 6.99. The molecule has 0 aliphatic rings. The van der Waals surface area contributed by atoms with Crippen LogP contribution in [0.5, 0.6) is 5.75 Å². The SMILES string of the molecule is Cc1cc(Cl)ccc1OC(C)C(=O)Nc1ccc(F)cc1Cl. The van der Waals surface area contributed by atoms with Gasteiger partial charge in [-0.05, 0) is 55.8 Å². The van der Waals surface area contributed by atoms with Gasteiger partial charge in [0.05, 0.1) is 10.7 Å². The first-order valence-electron chi connectivity index (χ1n) is 6.55. The van der Waals surface area contributed by atoms with Gasteiger partial charge in [0, 0.05) is 5.02 Å². The number of ether oxygens (including phenoxy) is 1. The largest absolute Gasteiger partial charge is 0.481 e. The molecule has 0 spiro atoms. The summed E-state index contributed by atoms with van der Waals surface area (Å²) in [5.74, 6) is -0.288. The lowest BCUT2D eigenvalue weighted by Gasteiger charge is -2.17. The van der Waals surface area contributed by atoms with Crippen molar-refractivity contribution in [1.29, 1.82) is 0 Å². The van der Waals surface area contributed by atoms with Gasteiger partial charge >= 0.3 is 0 Å². The third-order valence-corrected chi connectivity index (χ3v) is 3.55. The molecule has 116 valence electrons. The molecule has 0 bridgehead atoms. The van der Waals surface area contributed by atoms with E-state index in [4.69, 9.17) is 27.9 Å². The Bertz CT molecular complexity index is 707. The van der Waals surface area contributed by atoms with Crippen molar-refractivity contribution in [2.45, 2.75) is 20.0 Å². The third-order valence-electron chi connectivity index (χ3n) is 3.00. The number of anilines is 1. The molecule has 0 fully saturated rings. The summed E-state index contributed by atoms with van der Waals surface area (Å²) in [5.41, 5.74) is 1.16. The summed E-state index contributed by atoms with van der Waals surface area (Å²) in [5, 5.41) is 3.32. The molecule has 0 aromatic heterocycles. The highest BCUT2D eigenvalue weighted by Gasteiger charge is 2.17. The molecule has 2 rings (SSSR count). The monoisotopic (exact) mass is 341 g/mol. The third kappa shape index (κ3) is 4.12. The first kappa shape index (κ1) is 16.6. The number of aryl methyl sites for hydroxylation is 1. The highest BCUT2D eigenvalue weighted by molar-refractivity contribution is 6.33. The predicted octanol–water partition coefficient (Wildman–Crippen LogP) is 4.85. The van der Waals surface area contributed by atoms with Gasteiger partial charge in [-0.1, -0.05) is 23.2 Å². The zero-order valence-electron chi connectivity index (χ0n) is 12.0. The van der Waals surface area contributed by atoms with Gasteiger partial charge in [-0.3, -0.25) is 4.79 Å². The Hall–Kier alpha value is -1.78. The molecule has 1 amide bonds. The van der Waals surface area contributed by atoms with Crippen LogP contribution in [0.1, 0.15) is 12.5 Å². The van der Waals surface area contributed by atoms with Crippen molar-refractivity contribution in [2.24, 2.45) is 0 Å². The summed E-state index contributed by atoms with van der Waals surface area (Å²) in [6.07, 6.45) is -0.749. The van der Waals surface area contributed by atoms with Crippen LogP contribution in [-0.2, 0) is 4.79 Å². The van der Waals surface area contributed by atoms with E-state index in [1.807, 2.05) is 6.92 Å². The van der Waals surface area contributed by atoms with E-state index >= 15 is 0 Å². The molecule has 2 aromatic rings. The molecule has 3 nitrogen and oxygen atoms in total. The quantitative estimate of drug-likeness (QED) is 0.863. The van der Waals surface area contributed by atoms with E-state index in [0.29, 0.717) is 16.5 Å². The van der Waals surface area contributed by atoms with E-state index in [-0.39, 0.29) is 10.9 Å². The number of hydrogen-bond donors (Lipinski definition) is 1. The summed E-state index contributed by atoms with van der Waals surface area (Å²) >= 11 is 11.7. The van der Waals surface area contributed by atoms with Gasteiger partial charge in [0.15, 0.2) is 6.10 Å². The van der Waals surface area contributed by atoms with E-state index < -0.39 is 11.9 Å². The Kier molecular flexibility index (Phi) is 5.27. The van der Waals surface area contributed by atoms with Crippen LogP contribution in [0.15, 0.2) is 36.4 Å². The van der Waals surface area contributed by atoms with Crippen molar-refractivity contribution in [3.05, 3.63) is 57.8 Å². The minimum Gasteiger partial charge on any atom is -0.481 e. The molecular formula is C16H14Cl2FNO2. The van der Waals surface area contributed by atoms with Crippen molar-refractivity contribution in [1.82, 2.24) is 0 Å². The van der Waals surface area contributed by atoms with Gasteiger partial charge < -0.3 is 10.1 Å². The van der Waals surface area contributed by atoms with Crippen molar-refractivity contribution in [3.8, 4) is 5.75 Å². The van der Waals surface area contributed by atoms with Gasteiger partial charge in [-0.25, -0.2) is 4.39 Å². The maximum Gasteiger partial charge on any atom is 0.265 e. The lowest BCUT2D eigenvalue weighted by atomic mass is 10.2. The average Bonchev–Trinajstić information content (AvgIpc) is 2.44. The maximum atomic E-state index is 13.0. The van der Waals surface area contributed by atoms with E-state index in [1.54, 1.807) is 25.1 Å². The lowest BCUT2D eigenvalue weighted by molar-refractivity contribution is -0.122. The number of carbonyl (C=O) groups is 1. The predicted molar refractivity (Wildman–Crippen MR) is 86.3 cm³/mol. The zero-order chi connectivity index (χ0) is 16.3. The molecule has 0 aliphatic heterocycles. The van der Waals surface area contributed by atoms with Crippen LogP contribution < -0.4 is 10.1 Å². The molecule has 1 N–H and O–H groups in total. The van der Waals surface area contributed by atoms with Crippen LogP contribution in [0, 0.1) is 12.7 Å². The van der Waals surface area contributed by atoms with Crippen molar-refractivity contribution < 1.29 is 13.9 Å². The van der Waals surface area contributed by atoms with Crippen LogP contribution in [0.25, 0.3) is 0 Å². The van der Waals surface area contributed by atoms with E-state index in [0.717, 1.165) is 11.6 Å². The molecule has 6 heteroatoms. The Morgan fingerprint density at radius 3 is 2.59 bits per heavy atom. The fourth-order valence-electron chi connectivity index (χ4n) is 1.81. The molecule has 0 heterocycles. The van der Waals surface area contributed by atoms with E-state index in [1.165, 1.54) is 12.1 Å². The van der Waals surface area contributed by atoms with Gasteiger partial charge in [-0.15, -0.1) is 0 Å². The summed E-state index contributed by atoms with van der Waals surface area (Å²) in [6.45, 7) is 3.45. The fourth-order valence-corrected chi connectivity index (χ4v) is 2.26. The van der Waals surface area contributed by atoms with Gasteiger partial charge in [0.25, 0.3) is 5.91 Å². The first-order valence-corrected chi connectivity index (χ1v) is 7.31.